The quantitative estimate of drug-likeness (QED) is 0.439. The molecule has 0 aromatic carbocycles. The highest BCUT2D eigenvalue weighted by Gasteiger charge is 2.48. The van der Waals surface area contributed by atoms with Crippen LogP contribution in [0.4, 0.5) is 0 Å². The van der Waals surface area contributed by atoms with Crippen LogP contribution in [0.2, 0.25) is 0 Å². The smallest absolute Gasteiger partial charge is 0.0898 e. The van der Waals surface area contributed by atoms with Gasteiger partial charge in [0.2, 0.25) is 0 Å². The standard InChI is InChI=1S/C15H24O/c1-11-6-5-7-12(2)10-13-14(16-13)15(3,4)9-8-11/h7-8,13-14H,5-6,9-10H2,1-4H3/b11-8-,12-7-/t13-,14+/m1/s1. The summed E-state index contributed by atoms with van der Waals surface area (Å²) in [5.74, 6) is 0. The maximum Gasteiger partial charge on any atom is 0.0898 e. The van der Waals surface area contributed by atoms with E-state index >= 15 is 0 Å². The molecule has 0 aromatic rings. The van der Waals surface area contributed by atoms with Gasteiger partial charge in [-0.15, -0.1) is 0 Å². The Labute approximate surface area is 99.6 Å². The van der Waals surface area contributed by atoms with Crippen LogP contribution in [0.3, 0.4) is 0 Å². The lowest BCUT2D eigenvalue weighted by molar-refractivity contribution is 0.241. The molecule has 1 nitrogen and oxygen atoms in total. The molecular weight excluding hydrogens is 196 g/mol. The Hall–Kier alpha value is -0.560. The summed E-state index contributed by atoms with van der Waals surface area (Å²) in [7, 11) is 0. The predicted molar refractivity (Wildman–Crippen MR) is 68.4 cm³/mol. The lowest BCUT2D eigenvalue weighted by atomic mass is 9.82. The van der Waals surface area contributed by atoms with Crippen LogP contribution < -0.4 is 0 Å². The van der Waals surface area contributed by atoms with E-state index < -0.39 is 0 Å². The van der Waals surface area contributed by atoms with E-state index in [4.69, 9.17) is 4.74 Å². The molecule has 1 fully saturated rings. The Morgan fingerprint density at radius 1 is 1.19 bits per heavy atom. The van der Waals surface area contributed by atoms with Gasteiger partial charge in [-0.05, 0) is 44.9 Å². The van der Waals surface area contributed by atoms with E-state index in [9.17, 15) is 0 Å². The largest absolute Gasteiger partial charge is 0.369 e. The van der Waals surface area contributed by atoms with Crippen LogP contribution in [-0.4, -0.2) is 12.2 Å². The molecule has 0 saturated carbocycles. The van der Waals surface area contributed by atoms with Crippen molar-refractivity contribution >= 4 is 0 Å². The zero-order valence-electron chi connectivity index (χ0n) is 11.0. The minimum Gasteiger partial charge on any atom is -0.369 e. The predicted octanol–water partition coefficient (Wildman–Crippen LogP) is 4.25. The summed E-state index contributed by atoms with van der Waals surface area (Å²) in [5.41, 5.74) is 3.32. The van der Waals surface area contributed by atoms with E-state index in [0.717, 1.165) is 12.8 Å². The number of hydrogen-bond acceptors (Lipinski definition) is 1. The number of rotatable bonds is 0. The van der Waals surface area contributed by atoms with Gasteiger partial charge in [-0.1, -0.05) is 37.1 Å². The summed E-state index contributed by atoms with van der Waals surface area (Å²) in [6, 6.07) is 0. The monoisotopic (exact) mass is 220 g/mol. The molecule has 0 bridgehead atoms. The molecule has 1 aliphatic carbocycles. The Kier molecular flexibility index (Phi) is 3.25. The van der Waals surface area contributed by atoms with E-state index in [1.165, 1.54) is 24.0 Å². The first kappa shape index (κ1) is 11.9. The maximum absolute atomic E-state index is 5.84. The maximum atomic E-state index is 5.84. The second-order valence-corrected chi connectivity index (χ2v) is 6.13. The van der Waals surface area contributed by atoms with Crippen LogP contribution in [0.25, 0.3) is 0 Å². The van der Waals surface area contributed by atoms with Crippen molar-refractivity contribution in [3.63, 3.8) is 0 Å². The fraction of sp³-hybridized carbons (Fsp3) is 0.733. The van der Waals surface area contributed by atoms with Gasteiger partial charge >= 0.3 is 0 Å². The van der Waals surface area contributed by atoms with Gasteiger partial charge < -0.3 is 4.74 Å². The lowest BCUT2D eigenvalue weighted by Crippen LogP contribution is -2.20. The summed E-state index contributed by atoms with van der Waals surface area (Å²) >= 11 is 0. The second-order valence-electron chi connectivity index (χ2n) is 6.13. The average molecular weight is 220 g/mol. The first-order valence-electron chi connectivity index (χ1n) is 6.46. The molecule has 2 atom stereocenters. The third kappa shape index (κ3) is 2.76. The average Bonchev–Trinajstić information content (AvgIpc) is 2.94. The van der Waals surface area contributed by atoms with Gasteiger partial charge in [0.1, 0.15) is 0 Å². The van der Waals surface area contributed by atoms with Crippen molar-refractivity contribution in [2.75, 3.05) is 0 Å². The Bertz CT molecular complexity index is 322. The summed E-state index contributed by atoms with van der Waals surface area (Å²) in [6.07, 6.45) is 10.4. The molecule has 0 aromatic heterocycles. The van der Waals surface area contributed by atoms with E-state index in [1.54, 1.807) is 0 Å². The molecule has 0 amide bonds. The first-order chi connectivity index (χ1) is 7.49. The minimum atomic E-state index is 0.302. The third-order valence-electron chi connectivity index (χ3n) is 3.88. The molecule has 0 unspecified atom stereocenters. The van der Waals surface area contributed by atoms with Crippen LogP contribution >= 0.6 is 0 Å². The molecule has 0 spiro atoms. The van der Waals surface area contributed by atoms with Crippen molar-refractivity contribution in [2.45, 2.75) is 65.6 Å². The van der Waals surface area contributed by atoms with Crippen molar-refractivity contribution in [3.05, 3.63) is 23.3 Å². The van der Waals surface area contributed by atoms with Gasteiger partial charge in [0.05, 0.1) is 12.2 Å². The number of epoxide rings is 1. The van der Waals surface area contributed by atoms with Gasteiger partial charge in [0.15, 0.2) is 0 Å². The Morgan fingerprint density at radius 3 is 2.69 bits per heavy atom. The zero-order valence-corrected chi connectivity index (χ0v) is 11.0. The number of fused-ring (bicyclic) bond motifs is 1. The van der Waals surface area contributed by atoms with Gasteiger partial charge in [-0.3, -0.25) is 0 Å². The topological polar surface area (TPSA) is 12.5 Å². The summed E-state index contributed by atoms with van der Waals surface area (Å²) in [5, 5.41) is 0. The molecular formula is C15H24O. The van der Waals surface area contributed by atoms with Gasteiger partial charge in [-0.25, -0.2) is 0 Å². The first-order valence-corrected chi connectivity index (χ1v) is 6.46. The molecule has 2 aliphatic rings. The molecule has 16 heavy (non-hydrogen) atoms. The van der Waals surface area contributed by atoms with Gasteiger partial charge in [-0.2, -0.15) is 0 Å². The Morgan fingerprint density at radius 2 is 1.94 bits per heavy atom. The molecule has 0 N–H and O–H groups in total. The fourth-order valence-electron chi connectivity index (χ4n) is 2.59. The van der Waals surface area contributed by atoms with Crippen LogP contribution in [-0.2, 0) is 4.74 Å². The van der Waals surface area contributed by atoms with E-state index in [-0.39, 0.29) is 0 Å². The molecule has 1 heteroatoms. The van der Waals surface area contributed by atoms with Crippen molar-refractivity contribution < 1.29 is 4.74 Å². The molecule has 2 rings (SSSR count). The van der Waals surface area contributed by atoms with E-state index in [1.807, 2.05) is 0 Å². The van der Waals surface area contributed by atoms with E-state index in [2.05, 4.69) is 39.8 Å². The molecule has 1 saturated heterocycles. The fourth-order valence-corrected chi connectivity index (χ4v) is 2.59. The van der Waals surface area contributed by atoms with Crippen LogP contribution in [0.15, 0.2) is 23.3 Å². The van der Waals surface area contributed by atoms with Crippen LogP contribution in [0, 0.1) is 5.41 Å². The zero-order chi connectivity index (χ0) is 11.8. The molecule has 1 heterocycles. The summed E-state index contributed by atoms with van der Waals surface area (Å²) < 4.78 is 5.84. The van der Waals surface area contributed by atoms with Crippen molar-refractivity contribution in [1.82, 2.24) is 0 Å². The van der Waals surface area contributed by atoms with Crippen LogP contribution in [0.1, 0.15) is 53.4 Å². The van der Waals surface area contributed by atoms with Gasteiger partial charge in [0, 0.05) is 0 Å². The minimum absolute atomic E-state index is 0.302. The second kappa shape index (κ2) is 4.37. The van der Waals surface area contributed by atoms with Crippen molar-refractivity contribution in [3.8, 4) is 0 Å². The normalized spacial score (nSPS) is 40.8. The summed E-state index contributed by atoms with van der Waals surface area (Å²) in [6.45, 7) is 9.15. The van der Waals surface area contributed by atoms with Gasteiger partial charge in [0.25, 0.3) is 0 Å². The SMILES string of the molecule is C/C1=C/CC(C)(C)[C@H]2O[C@@H]2C/C(C)=C\CC1. The molecule has 1 aliphatic heterocycles. The highest BCUT2D eigenvalue weighted by molar-refractivity contribution is 5.12. The van der Waals surface area contributed by atoms with Crippen LogP contribution in [0.5, 0.6) is 0 Å². The highest BCUT2D eigenvalue weighted by Crippen LogP contribution is 2.44. The number of hydrogen-bond donors (Lipinski definition) is 0. The summed E-state index contributed by atoms with van der Waals surface area (Å²) in [4.78, 5) is 0. The van der Waals surface area contributed by atoms with E-state index in [0.29, 0.717) is 17.6 Å². The number of ether oxygens (including phenoxy) is 1. The number of allylic oxidation sites excluding steroid dienone is 3. The van der Waals surface area contributed by atoms with Crippen molar-refractivity contribution in [1.29, 1.82) is 0 Å². The highest BCUT2D eigenvalue weighted by atomic mass is 16.6. The molecule has 0 radical (unpaired) electrons. The lowest BCUT2D eigenvalue weighted by Gasteiger charge is -2.20. The Balaban J connectivity index is 2.12. The third-order valence-corrected chi connectivity index (χ3v) is 3.88. The molecule has 90 valence electrons. The van der Waals surface area contributed by atoms with Crippen molar-refractivity contribution in [2.24, 2.45) is 5.41 Å².